The van der Waals surface area contributed by atoms with Gasteiger partial charge in [0.1, 0.15) is 5.75 Å². The van der Waals surface area contributed by atoms with Crippen molar-refractivity contribution in [2.24, 2.45) is 15.3 Å². The average Bonchev–Trinajstić information content (AvgIpc) is 2.67. The highest BCUT2D eigenvalue weighted by Crippen LogP contribution is 2.15. The SMILES string of the molecule is Cc1ccc(OC(N=Nc2ccccc2)=NNc2ccccc2)cc1. The number of amidine groups is 1. The Balaban J connectivity index is 1.79. The number of hydrogen-bond donors (Lipinski definition) is 1. The van der Waals surface area contributed by atoms with E-state index in [0.29, 0.717) is 5.75 Å². The van der Waals surface area contributed by atoms with Crippen molar-refractivity contribution in [2.45, 2.75) is 6.92 Å². The third-order valence-corrected chi connectivity index (χ3v) is 3.29. The number of nitrogens with zero attached hydrogens (tertiary/aromatic N) is 3. The second-order valence-electron chi connectivity index (χ2n) is 5.32. The fraction of sp³-hybridized carbons (Fsp3) is 0.0500. The molecule has 0 aliphatic rings. The van der Waals surface area contributed by atoms with Crippen molar-refractivity contribution in [1.82, 2.24) is 0 Å². The van der Waals surface area contributed by atoms with Gasteiger partial charge in [0.15, 0.2) is 0 Å². The van der Waals surface area contributed by atoms with Crippen molar-refractivity contribution in [3.05, 3.63) is 90.5 Å². The topological polar surface area (TPSA) is 58.3 Å². The van der Waals surface area contributed by atoms with Gasteiger partial charge >= 0.3 is 6.02 Å². The summed E-state index contributed by atoms with van der Waals surface area (Å²) in [7, 11) is 0. The molecule has 0 aromatic heterocycles. The van der Waals surface area contributed by atoms with Gasteiger partial charge in [-0.2, -0.15) is 0 Å². The highest BCUT2D eigenvalue weighted by Gasteiger charge is 2.02. The van der Waals surface area contributed by atoms with Crippen LogP contribution in [0.4, 0.5) is 11.4 Å². The predicted molar refractivity (Wildman–Crippen MR) is 100 cm³/mol. The molecule has 124 valence electrons. The van der Waals surface area contributed by atoms with Gasteiger partial charge in [0, 0.05) is 0 Å². The predicted octanol–water partition coefficient (Wildman–Crippen LogP) is 5.54. The summed E-state index contributed by atoms with van der Waals surface area (Å²) in [6.45, 7) is 2.02. The maximum atomic E-state index is 5.74. The number of nitrogens with one attached hydrogen (secondary N) is 1. The van der Waals surface area contributed by atoms with Crippen LogP contribution in [0.2, 0.25) is 0 Å². The molecule has 0 saturated heterocycles. The minimum atomic E-state index is 0.122. The normalized spacial score (nSPS) is 11.5. The van der Waals surface area contributed by atoms with Gasteiger partial charge < -0.3 is 4.74 Å². The van der Waals surface area contributed by atoms with Crippen LogP contribution >= 0.6 is 0 Å². The van der Waals surface area contributed by atoms with Gasteiger partial charge in [-0.1, -0.05) is 59.2 Å². The van der Waals surface area contributed by atoms with Crippen LogP contribution in [-0.4, -0.2) is 6.02 Å². The van der Waals surface area contributed by atoms with E-state index in [2.05, 4.69) is 20.8 Å². The Kier molecular flexibility index (Phi) is 5.51. The molecule has 0 radical (unpaired) electrons. The summed E-state index contributed by atoms with van der Waals surface area (Å²) in [5.41, 5.74) is 5.63. The summed E-state index contributed by atoms with van der Waals surface area (Å²) in [4.78, 5) is 0. The molecule has 0 aliphatic carbocycles. The highest BCUT2D eigenvalue weighted by molar-refractivity contribution is 5.77. The summed E-state index contributed by atoms with van der Waals surface area (Å²) < 4.78 is 5.74. The molecule has 0 heterocycles. The molecule has 25 heavy (non-hydrogen) atoms. The lowest BCUT2D eigenvalue weighted by molar-refractivity contribution is 0.537. The summed E-state index contributed by atoms with van der Waals surface area (Å²) >= 11 is 0. The lowest BCUT2D eigenvalue weighted by Crippen LogP contribution is -2.07. The van der Waals surface area contributed by atoms with E-state index < -0.39 is 0 Å². The van der Waals surface area contributed by atoms with Gasteiger partial charge in [0.2, 0.25) is 0 Å². The minimum absolute atomic E-state index is 0.122. The molecule has 0 amide bonds. The van der Waals surface area contributed by atoms with Crippen LogP contribution in [0.25, 0.3) is 0 Å². The third kappa shape index (κ3) is 5.28. The van der Waals surface area contributed by atoms with Crippen LogP contribution in [0, 0.1) is 6.92 Å². The van der Waals surface area contributed by atoms with Crippen molar-refractivity contribution in [2.75, 3.05) is 5.43 Å². The molecular weight excluding hydrogens is 312 g/mol. The first-order valence-electron chi connectivity index (χ1n) is 7.90. The molecule has 5 nitrogen and oxygen atoms in total. The van der Waals surface area contributed by atoms with E-state index >= 15 is 0 Å². The van der Waals surface area contributed by atoms with Crippen molar-refractivity contribution in [3.63, 3.8) is 0 Å². The van der Waals surface area contributed by atoms with Gasteiger partial charge in [0.05, 0.1) is 11.4 Å². The molecule has 0 spiro atoms. The summed E-state index contributed by atoms with van der Waals surface area (Å²) in [6, 6.07) is 26.8. The largest absolute Gasteiger partial charge is 0.422 e. The number of azo groups is 1. The molecular formula is C20H18N4O. The molecule has 3 rings (SSSR count). The maximum Gasteiger partial charge on any atom is 0.358 e. The number of anilines is 1. The number of hydrogen-bond acceptors (Lipinski definition) is 4. The van der Waals surface area contributed by atoms with Crippen molar-refractivity contribution in [3.8, 4) is 5.75 Å². The fourth-order valence-corrected chi connectivity index (χ4v) is 2.00. The van der Waals surface area contributed by atoms with Gasteiger partial charge in [-0.05, 0) is 43.3 Å². The number of hydrazone groups is 1. The summed E-state index contributed by atoms with van der Waals surface area (Å²) in [5.74, 6) is 0.645. The van der Waals surface area contributed by atoms with Crippen LogP contribution in [-0.2, 0) is 0 Å². The maximum absolute atomic E-state index is 5.74. The van der Waals surface area contributed by atoms with Crippen LogP contribution < -0.4 is 10.2 Å². The zero-order chi connectivity index (χ0) is 17.3. The second-order valence-corrected chi connectivity index (χ2v) is 5.32. The fourth-order valence-electron chi connectivity index (χ4n) is 2.00. The molecule has 5 heteroatoms. The number of para-hydroxylation sites is 1. The quantitative estimate of drug-likeness (QED) is 0.295. The van der Waals surface area contributed by atoms with Crippen molar-refractivity contribution < 1.29 is 4.74 Å². The van der Waals surface area contributed by atoms with E-state index in [1.54, 1.807) is 0 Å². The Morgan fingerprint density at radius 1 is 0.800 bits per heavy atom. The van der Waals surface area contributed by atoms with Gasteiger partial charge in [-0.3, -0.25) is 5.43 Å². The van der Waals surface area contributed by atoms with Crippen molar-refractivity contribution >= 4 is 17.4 Å². The average molecular weight is 330 g/mol. The summed E-state index contributed by atoms with van der Waals surface area (Å²) in [5, 5.41) is 12.5. The zero-order valence-corrected chi connectivity index (χ0v) is 13.8. The Hall–Kier alpha value is -3.47. The van der Waals surface area contributed by atoms with Gasteiger partial charge in [0.25, 0.3) is 0 Å². The molecule has 1 N–H and O–H groups in total. The minimum Gasteiger partial charge on any atom is -0.422 e. The zero-order valence-electron chi connectivity index (χ0n) is 13.8. The number of aryl methyl sites for hydroxylation is 1. The Bertz CT molecular complexity index is 844. The van der Waals surface area contributed by atoms with E-state index in [-0.39, 0.29) is 6.02 Å². The second kappa shape index (κ2) is 8.40. The van der Waals surface area contributed by atoms with Crippen LogP contribution in [0.5, 0.6) is 5.75 Å². The van der Waals surface area contributed by atoms with E-state index in [1.165, 1.54) is 0 Å². The van der Waals surface area contributed by atoms with Crippen molar-refractivity contribution in [1.29, 1.82) is 0 Å². The number of benzene rings is 3. The van der Waals surface area contributed by atoms with E-state index in [9.17, 15) is 0 Å². The molecule has 0 atom stereocenters. The van der Waals surface area contributed by atoms with E-state index in [4.69, 9.17) is 4.74 Å². The Morgan fingerprint density at radius 2 is 1.44 bits per heavy atom. The molecule has 3 aromatic carbocycles. The monoisotopic (exact) mass is 330 g/mol. The number of rotatable bonds is 4. The standard InChI is InChI=1S/C20H18N4O/c1-16-12-14-19(15-13-16)25-20(23-21-17-8-4-2-5-9-17)24-22-18-10-6-3-7-11-18/h2-15,21H,1H3. The van der Waals surface area contributed by atoms with E-state index in [0.717, 1.165) is 16.9 Å². The summed E-state index contributed by atoms with van der Waals surface area (Å²) in [6.07, 6.45) is 0. The van der Waals surface area contributed by atoms with Crippen LogP contribution in [0.15, 0.2) is 100 Å². The lowest BCUT2D eigenvalue weighted by atomic mass is 10.2. The lowest BCUT2D eigenvalue weighted by Gasteiger charge is -2.05. The number of ether oxygens (including phenoxy) is 1. The van der Waals surface area contributed by atoms with E-state index in [1.807, 2.05) is 91.9 Å². The molecule has 0 unspecified atom stereocenters. The molecule has 0 saturated carbocycles. The molecule has 0 fully saturated rings. The van der Waals surface area contributed by atoms with Crippen LogP contribution in [0.3, 0.4) is 0 Å². The molecule has 0 aliphatic heterocycles. The first-order valence-corrected chi connectivity index (χ1v) is 7.90. The first kappa shape index (κ1) is 16.4. The van der Waals surface area contributed by atoms with Gasteiger partial charge in [-0.25, -0.2) is 0 Å². The Morgan fingerprint density at radius 3 is 2.12 bits per heavy atom. The van der Waals surface area contributed by atoms with Gasteiger partial charge in [-0.15, -0.1) is 10.2 Å². The molecule has 3 aromatic rings. The highest BCUT2D eigenvalue weighted by atomic mass is 16.5. The molecule has 0 bridgehead atoms. The third-order valence-electron chi connectivity index (χ3n) is 3.29. The Labute approximate surface area is 146 Å². The smallest absolute Gasteiger partial charge is 0.358 e. The van der Waals surface area contributed by atoms with Crippen LogP contribution in [0.1, 0.15) is 5.56 Å². The first-order chi connectivity index (χ1) is 12.3.